The first-order valence-electron chi connectivity index (χ1n) is 7.80. The topological polar surface area (TPSA) is 65.8 Å². The monoisotopic (exact) mass is 292 g/mol. The van der Waals surface area contributed by atoms with E-state index in [2.05, 4.69) is 9.88 Å². The maximum absolute atomic E-state index is 10.2. The van der Waals surface area contributed by atoms with E-state index in [0.717, 1.165) is 37.2 Å². The zero-order chi connectivity index (χ0) is 14.8. The zero-order valence-corrected chi connectivity index (χ0v) is 12.5. The SMILES string of the molecule is Cc1ccc(O)c(CN2CCC[C@@H]2[C@@H]2COCC[C@@H]2O)n1. The lowest BCUT2D eigenvalue weighted by atomic mass is 9.89. The second-order valence-electron chi connectivity index (χ2n) is 6.19. The number of nitrogens with zero attached hydrogens (tertiary/aromatic N) is 2. The summed E-state index contributed by atoms with van der Waals surface area (Å²) < 4.78 is 5.55. The summed E-state index contributed by atoms with van der Waals surface area (Å²) in [6, 6.07) is 3.85. The highest BCUT2D eigenvalue weighted by Crippen LogP contribution is 2.31. The van der Waals surface area contributed by atoms with Crippen molar-refractivity contribution < 1.29 is 14.9 Å². The third-order valence-corrected chi connectivity index (χ3v) is 4.71. The van der Waals surface area contributed by atoms with Gasteiger partial charge in [0.2, 0.25) is 0 Å². The van der Waals surface area contributed by atoms with Gasteiger partial charge in [0, 0.05) is 30.8 Å². The number of aromatic nitrogens is 1. The number of aryl methyl sites for hydroxylation is 1. The van der Waals surface area contributed by atoms with Crippen LogP contribution in [0.15, 0.2) is 12.1 Å². The molecule has 21 heavy (non-hydrogen) atoms. The molecule has 2 aliphatic heterocycles. The highest BCUT2D eigenvalue weighted by Gasteiger charge is 2.37. The second kappa shape index (κ2) is 6.30. The molecule has 2 aliphatic rings. The van der Waals surface area contributed by atoms with Crippen LogP contribution in [0.25, 0.3) is 0 Å². The van der Waals surface area contributed by atoms with Crippen molar-refractivity contribution in [2.75, 3.05) is 19.8 Å². The van der Waals surface area contributed by atoms with Gasteiger partial charge >= 0.3 is 0 Å². The summed E-state index contributed by atoms with van der Waals surface area (Å²) in [5.74, 6) is 0.430. The number of ether oxygens (including phenoxy) is 1. The first kappa shape index (κ1) is 14.8. The van der Waals surface area contributed by atoms with Crippen molar-refractivity contribution in [1.82, 2.24) is 9.88 Å². The van der Waals surface area contributed by atoms with E-state index < -0.39 is 0 Å². The molecule has 5 nitrogen and oxygen atoms in total. The van der Waals surface area contributed by atoms with Crippen molar-refractivity contribution in [1.29, 1.82) is 0 Å². The number of aliphatic hydroxyl groups is 1. The molecule has 1 aromatic heterocycles. The number of likely N-dealkylation sites (tertiary alicyclic amines) is 1. The molecule has 116 valence electrons. The summed E-state index contributed by atoms with van der Waals surface area (Å²) in [4.78, 5) is 6.79. The largest absolute Gasteiger partial charge is 0.506 e. The lowest BCUT2D eigenvalue weighted by Crippen LogP contribution is -2.45. The smallest absolute Gasteiger partial charge is 0.138 e. The molecule has 2 N–H and O–H groups in total. The molecule has 3 rings (SSSR count). The number of hydrogen-bond donors (Lipinski definition) is 2. The average molecular weight is 292 g/mol. The van der Waals surface area contributed by atoms with Gasteiger partial charge in [0.05, 0.1) is 18.4 Å². The van der Waals surface area contributed by atoms with Gasteiger partial charge in [-0.3, -0.25) is 9.88 Å². The minimum absolute atomic E-state index is 0.174. The van der Waals surface area contributed by atoms with Crippen molar-refractivity contribution >= 4 is 0 Å². The summed E-state index contributed by atoms with van der Waals surface area (Å²) in [5, 5.41) is 20.2. The molecule has 0 bridgehead atoms. The van der Waals surface area contributed by atoms with Gasteiger partial charge in [-0.15, -0.1) is 0 Å². The Morgan fingerprint density at radius 2 is 2.24 bits per heavy atom. The molecular weight excluding hydrogens is 268 g/mol. The Bertz CT molecular complexity index is 494. The van der Waals surface area contributed by atoms with E-state index in [1.807, 2.05) is 13.0 Å². The quantitative estimate of drug-likeness (QED) is 0.883. The molecule has 0 amide bonds. The molecule has 1 aromatic rings. The Balaban J connectivity index is 1.73. The Labute approximate surface area is 125 Å². The van der Waals surface area contributed by atoms with Gasteiger partial charge < -0.3 is 14.9 Å². The van der Waals surface area contributed by atoms with Crippen LogP contribution in [0.5, 0.6) is 5.75 Å². The van der Waals surface area contributed by atoms with Gasteiger partial charge in [-0.25, -0.2) is 0 Å². The van der Waals surface area contributed by atoms with Crippen LogP contribution in [0.3, 0.4) is 0 Å². The molecule has 0 unspecified atom stereocenters. The van der Waals surface area contributed by atoms with Crippen LogP contribution in [0, 0.1) is 12.8 Å². The predicted octanol–water partition coefficient (Wildman–Crippen LogP) is 1.46. The van der Waals surface area contributed by atoms with Gasteiger partial charge in [-0.2, -0.15) is 0 Å². The molecule has 0 spiro atoms. The zero-order valence-electron chi connectivity index (χ0n) is 12.5. The van der Waals surface area contributed by atoms with E-state index in [4.69, 9.17) is 4.74 Å². The standard InChI is InChI=1S/C16H24N2O3/c1-11-4-5-16(20)13(17-11)9-18-7-2-3-14(18)12-10-21-8-6-15(12)19/h4-5,12,14-15,19-20H,2-3,6-10H2,1H3/t12-,14+,15-/m0/s1. The Hall–Kier alpha value is -1.17. The molecular formula is C16H24N2O3. The fraction of sp³-hybridized carbons (Fsp3) is 0.688. The van der Waals surface area contributed by atoms with Gasteiger partial charge in [0.1, 0.15) is 5.75 Å². The van der Waals surface area contributed by atoms with E-state index in [1.165, 1.54) is 0 Å². The van der Waals surface area contributed by atoms with E-state index in [0.29, 0.717) is 25.8 Å². The Morgan fingerprint density at radius 3 is 3.05 bits per heavy atom. The Morgan fingerprint density at radius 1 is 1.38 bits per heavy atom. The number of pyridine rings is 1. The maximum atomic E-state index is 10.2. The fourth-order valence-electron chi connectivity index (χ4n) is 3.56. The van der Waals surface area contributed by atoms with Crippen LogP contribution in [0.1, 0.15) is 30.7 Å². The number of aromatic hydroxyl groups is 1. The molecule has 0 aliphatic carbocycles. The predicted molar refractivity (Wildman–Crippen MR) is 79.0 cm³/mol. The molecule has 5 heteroatoms. The molecule has 0 radical (unpaired) electrons. The maximum Gasteiger partial charge on any atom is 0.138 e. The summed E-state index contributed by atoms with van der Waals surface area (Å²) in [7, 11) is 0. The van der Waals surface area contributed by atoms with Gasteiger partial charge in [0.25, 0.3) is 0 Å². The molecule has 3 atom stereocenters. The Kier molecular flexibility index (Phi) is 4.42. The molecule has 0 aromatic carbocycles. The van der Waals surface area contributed by atoms with Crippen molar-refractivity contribution in [3.8, 4) is 5.75 Å². The van der Waals surface area contributed by atoms with Gasteiger partial charge in [-0.1, -0.05) is 0 Å². The van der Waals surface area contributed by atoms with Crippen LogP contribution in [0.2, 0.25) is 0 Å². The van der Waals surface area contributed by atoms with Crippen LogP contribution >= 0.6 is 0 Å². The normalized spacial score (nSPS) is 30.7. The highest BCUT2D eigenvalue weighted by atomic mass is 16.5. The van der Waals surface area contributed by atoms with Crippen molar-refractivity contribution in [3.05, 3.63) is 23.5 Å². The van der Waals surface area contributed by atoms with E-state index >= 15 is 0 Å². The lowest BCUT2D eigenvalue weighted by Gasteiger charge is -2.37. The summed E-state index contributed by atoms with van der Waals surface area (Å²) >= 11 is 0. The van der Waals surface area contributed by atoms with Crippen LogP contribution < -0.4 is 0 Å². The van der Waals surface area contributed by atoms with Gasteiger partial charge in [-0.05, 0) is 44.9 Å². The van der Waals surface area contributed by atoms with Crippen LogP contribution in [-0.4, -0.2) is 52.0 Å². The first-order valence-corrected chi connectivity index (χ1v) is 7.80. The number of aliphatic hydroxyl groups excluding tert-OH is 1. The second-order valence-corrected chi connectivity index (χ2v) is 6.19. The van der Waals surface area contributed by atoms with Crippen molar-refractivity contribution in [2.45, 2.75) is 44.9 Å². The number of rotatable bonds is 3. The van der Waals surface area contributed by atoms with Crippen molar-refractivity contribution in [3.63, 3.8) is 0 Å². The van der Waals surface area contributed by atoms with Crippen molar-refractivity contribution in [2.24, 2.45) is 5.92 Å². The molecule has 2 fully saturated rings. The average Bonchev–Trinajstić information content (AvgIpc) is 2.91. The fourth-order valence-corrected chi connectivity index (χ4v) is 3.56. The van der Waals surface area contributed by atoms with Gasteiger partial charge in [0.15, 0.2) is 0 Å². The minimum atomic E-state index is -0.275. The summed E-state index contributed by atoms with van der Waals surface area (Å²) in [6.45, 7) is 4.85. The third kappa shape index (κ3) is 3.20. The van der Waals surface area contributed by atoms with E-state index in [-0.39, 0.29) is 17.8 Å². The minimum Gasteiger partial charge on any atom is -0.506 e. The summed E-state index contributed by atoms with van der Waals surface area (Å²) in [6.07, 6.45) is 2.66. The van der Waals surface area contributed by atoms with E-state index in [1.54, 1.807) is 6.07 Å². The molecule has 0 saturated carbocycles. The first-order chi connectivity index (χ1) is 10.1. The molecule has 2 saturated heterocycles. The summed E-state index contributed by atoms with van der Waals surface area (Å²) in [5.41, 5.74) is 1.65. The van der Waals surface area contributed by atoms with Crippen LogP contribution in [-0.2, 0) is 11.3 Å². The third-order valence-electron chi connectivity index (χ3n) is 4.71. The van der Waals surface area contributed by atoms with Crippen LogP contribution in [0.4, 0.5) is 0 Å². The molecule has 3 heterocycles. The highest BCUT2D eigenvalue weighted by molar-refractivity contribution is 5.27. The lowest BCUT2D eigenvalue weighted by molar-refractivity contribution is -0.0637. The number of hydrogen-bond acceptors (Lipinski definition) is 5. The van der Waals surface area contributed by atoms with E-state index in [9.17, 15) is 10.2 Å².